The predicted octanol–water partition coefficient (Wildman–Crippen LogP) is 1.61. The maximum atomic E-state index is 11.7. The lowest BCUT2D eigenvalue weighted by Gasteiger charge is -2.21. The third kappa shape index (κ3) is 3.67. The van der Waals surface area contributed by atoms with E-state index < -0.39 is 0 Å². The van der Waals surface area contributed by atoms with Gasteiger partial charge in [0.05, 0.1) is 5.69 Å². The number of amides is 1. The number of nitrogens with zero attached hydrogens (tertiary/aromatic N) is 4. The van der Waals surface area contributed by atoms with Crippen LogP contribution in [0.15, 0.2) is 24.5 Å². The summed E-state index contributed by atoms with van der Waals surface area (Å²) in [7, 11) is 0. The molecule has 0 aliphatic carbocycles. The molecular formula is C19H24N6O. The third-order valence-electron chi connectivity index (χ3n) is 4.93. The zero-order valence-electron chi connectivity index (χ0n) is 14.9. The third-order valence-corrected chi connectivity index (χ3v) is 4.93. The Bertz CT molecular complexity index is 779. The number of anilines is 1. The minimum absolute atomic E-state index is 0.286. The van der Waals surface area contributed by atoms with Crippen molar-refractivity contribution in [3.8, 4) is 11.4 Å². The van der Waals surface area contributed by atoms with Gasteiger partial charge in [-0.05, 0) is 37.9 Å². The summed E-state index contributed by atoms with van der Waals surface area (Å²) in [6.45, 7) is 4.23. The Kier molecular flexibility index (Phi) is 5.06. The number of pyridine rings is 1. The van der Waals surface area contributed by atoms with E-state index in [4.69, 9.17) is 9.97 Å². The topological polar surface area (TPSA) is 83.0 Å². The number of nitrogens with one attached hydrogen (secondary N) is 2. The average molecular weight is 352 g/mol. The molecule has 2 aromatic rings. The van der Waals surface area contributed by atoms with Crippen molar-refractivity contribution in [2.45, 2.75) is 32.2 Å². The van der Waals surface area contributed by atoms with E-state index in [2.05, 4.69) is 15.6 Å². The van der Waals surface area contributed by atoms with Crippen molar-refractivity contribution in [3.05, 3.63) is 35.8 Å². The van der Waals surface area contributed by atoms with E-state index in [9.17, 15) is 4.79 Å². The van der Waals surface area contributed by atoms with Crippen LogP contribution in [0.2, 0.25) is 0 Å². The second-order valence-electron chi connectivity index (χ2n) is 6.75. The van der Waals surface area contributed by atoms with Crippen LogP contribution in [0.3, 0.4) is 0 Å². The lowest BCUT2D eigenvalue weighted by Crippen LogP contribution is -2.28. The van der Waals surface area contributed by atoms with Gasteiger partial charge in [0.2, 0.25) is 5.91 Å². The van der Waals surface area contributed by atoms with Gasteiger partial charge in [-0.25, -0.2) is 9.97 Å². The summed E-state index contributed by atoms with van der Waals surface area (Å²) >= 11 is 0. The van der Waals surface area contributed by atoms with Crippen molar-refractivity contribution < 1.29 is 4.79 Å². The monoisotopic (exact) mass is 352 g/mol. The molecule has 1 fully saturated rings. The fourth-order valence-corrected chi connectivity index (χ4v) is 3.55. The molecule has 0 spiro atoms. The molecule has 2 aliphatic rings. The predicted molar refractivity (Wildman–Crippen MR) is 99.6 cm³/mol. The van der Waals surface area contributed by atoms with Gasteiger partial charge in [0, 0.05) is 56.1 Å². The highest BCUT2D eigenvalue weighted by atomic mass is 16.2. The summed E-state index contributed by atoms with van der Waals surface area (Å²) in [6, 6.07) is 3.88. The molecule has 0 unspecified atom stereocenters. The van der Waals surface area contributed by atoms with E-state index in [1.807, 2.05) is 17.0 Å². The number of hydrogen-bond acceptors (Lipinski definition) is 6. The minimum Gasteiger partial charge on any atom is -0.370 e. The molecule has 2 aliphatic heterocycles. The van der Waals surface area contributed by atoms with Crippen LogP contribution in [0, 0.1) is 0 Å². The molecule has 1 amide bonds. The number of fused-ring (bicyclic) bond motifs is 1. The molecule has 2 N–H and O–H groups in total. The van der Waals surface area contributed by atoms with Crippen LogP contribution in [0.25, 0.3) is 11.4 Å². The highest BCUT2D eigenvalue weighted by Gasteiger charge is 2.20. The second-order valence-corrected chi connectivity index (χ2v) is 6.75. The Balaban J connectivity index is 1.48. The van der Waals surface area contributed by atoms with Crippen LogP contribution < -0.4 is 10.6 Å². The van der Waals surface area contributed by atoms with Crippen molar-refractivity contribution in [2.24, 2.45) is 0 Å². The zero-order chi connectivity index (χ0) is 17.8. The zero-order valence-corrected chi connectivity index (χ0v) is 14.9. The van der Waals surface area contributed by atoms with E-state index in [1.54, 1.807) is 12.4 Å². The van der Waals surface area contributed by atoms with Crippen molar-refractivity contribution in [1.29, 1.82) is 0 Å². The number of carbonyl (C=O) groups excluding carboxylic acids is 1. The first-order valence-corrected chi connectivity index (χ1v) is 9.34. The van der Waals surface area contributed by atoms with Crippen molar-refractivity contribution in [2.75, 3.05) is 31.5 Å². The van der Waals surface area contributed by atoms with Crippen molar-refractivity contribution in [3.63, 3.8) is 0 Å². The number of likely N-dealkylation sites (tertiary alicyclic amines) is 1. The van der Waals surface area contributed by atoms with Gasteiger partial charge in [-0.15, -0.1) is 0 Å². The summed E-state index contributed by atoms with van der Waals surface area (Å²) in [5.74, 6) is 1.91. The van der Waals surface area contributed by atoms with Crippen LogP contribution in [-0.4, -0.2) is 51.9 Å². The summed E-state index contributed by atoms with van der Waals surface area (Å²) in [5.41, 5.74) is 3.18. The molecule has 4 heterocycles. The van der Waals surface area contributed by atoms with E-state index in [0.717, 1.165) is 69.1 Å². The minimum atomic E-state index is 0.286. The highest BCUT2D eigenvalue weighted by molar-refractivity contribution is 5.78. The number of aromatic nitrogens is 3. The Morgan fingerprint density at radius 1 is 1.27 bits per heavy atom. The Hall–Kier alpha value is -2.54. The normalized spacial score (nSPS) is 16.6. The molecular weight excluding hydrogens is 328 g/mol. The molecule has 0 radical (unpaired) electrons. The lowest BCUT2D eigenvalue weighted by atomic mass is 10.1. The molecule has 26 heavy (non-hydrogen) atoms. The first kappa shape index (κ1) is 16.9. The fraction of sp³-hybridized carbons (Fsp3) is 0.474. The molecule has 0 aromatic carbocycles. The molecule has 1 saturated heterocycles. The van der Waals surface area contributed by atoms with Gasteiger partial charge in [0.1, 0.15) is 5.82 Å². The summed E-state index contributed by atoms with van der Waals surface area (Å²) in [5, 5.41) is 6.86. The smallest absolute Gasteiger partial charge is 0.222 e. The largest absolute Gasteiger partial charge is 0.370 e. The van der Waals surface area contributed by atoms with Gasteiger partial charge in [-0.3, -0.25) is 9.78 Å². The van der Waals surface area contributed by atoms with E-state index in [1.165, 1.54) is 5.56 Å². The Morgan fingerprint density at radius 3 is 3.04 bits per heavy atom. The number of hydrogen-bond donors (Lipinski definition) is 2. The molecule has 2 aromatic heterocycles. The quantitative estimate of drug-likeness (QED) is 0.769. The van der Waals surface area contributed by atoms with Crippen LogP contribution in [-0.2, 0) is 17.8 Å². The van der Waals surface area contributed by atoms with Gasteiger partial charge in [-0.1, -0.05) is 0 Å². The second kappa shape index (κ2) is 7.78. The molecule has 136 valence electrons. The van der Waals surface area contributed by atoms with Crippen molar-refractivity contribution >= 4 is 11.7 Å². The molecule has 4 rings (SSSR count). The maximum absolute atomic E-state index is 11.7. The van der Waals surface area contributed by atoms with Crippen LogP contribution in [0.5, 0.6) is 0 Å². The Morgan fingerprint density at radius 2 is 2.23 bits per heavy atom. The number of rotatable bonds is 6. The summed E-state index contributed by atoms with van der Waals surface area (Å²) in [6.07, 6.45) is 7.09. The number of carbonyl (C=O) groups is 1. The van der Waals surface area contributed by atoms with Gasteiger partial charge in [0.15, 0.2) is 5.82 Å². The van der Waals surface area contributed by atoms with Crippen LogP contribution >= 0.6 is 0 Å². The summed E-state index contributed by atoms with van der Waals surface area (Å²) in [4.78, 5) is 27.3. The standard InChI is InChI=1S/C19H24N6O/c26-17-5-2-10-25(17)11-3-8-22-19-15-6-9-21-13-16(15)23-18(24-19)14-4-1-7-20-12-14/h1,4,7,12,21H,2-3,5-6,8-11,13H2,(H,22,23,24). The van der Waals surface area contributed by atoms with Crippen LogP contribution in [0.4, 0.5) is 5.82 Å². The molecule has 7 heteroatoms. The molecule has 0 bridgehead atoms. The Labute approximate surface area is 153 Å². The van der Waals surface area contributed by atoms with Gasteiger partial charge >= 0.3 is 0 Å². The fourth-order valence-electron chi connectivity index (χ4n) is 3.55. The summed E-state index contributed by atoms with van der Waals surface area (Å²) < 4.78 is 0. The van der Waals surface area contributed by atoms with Crippen molar-refractivity contribution in [1.82, 2.24) is 25.2 Å². The highest BCUT2D eigenvalue weighted by Crippen LogP contribution is 2.24. The van der Waals surface area contributed by atoms with E-state index in [-0.39, 0.29) is 5.91 Å². The molecule has 7 nitrogen and oxygen atoms in total. The maximum Gasteiger partial charge on any atom is 0.222 e. The SMILES string of the molecule is O=C1CCCN1CCCNc1nc(-c2cccnc2)nc2c1CCNC2. The van der Waals surface area contributed by atoms with Crippen LogP contribution in [0.1, 0.15) is 30.5 Å². The first-order chi connectivity index (χ1) is 12.8. The first-order valence-electron chi connectivity index (χ1n) is 9.34. The average Bonchev–Trinajstić information content (AvgIpc) is 3.10. The molecule has 0 saturated carbocycles. The lowest BCUT2D eigenvalue weighted by molar-refractivity contribution is -0.127. The molecule has 0 atom stereocenters. The van der Waals surface area contributed by atoms with E-state index in [0.29, 0.717) is 12.2 Å². The van der Waals surface area contributed by atoms with E-state index >= 15 is 0 Å². The van der Waals surface area contributed by atoms with Gasteiger partial charge < -0.3 is 15.5 Å². The van der Waals surface area contributed by atoms with Gasteiger partial charge in [-0.2, -0.15) is 0 Å². The van der Waals surface area contributed by atoms with Gasteiger partial charge in [0.25, 0.3) is 0 Å².